The molecule has 1 heterocycles. The van der Waals surface area contributed by atoms with Gasteiger partial charge >= 0.3 is 0 Å². The quantitative estimate of drug-likeness (QED) is 0.480. The third-order valence-corrected chi connectivity index (χ3v) is 5.21. The average Bonchev–Trinajstić information content (AvgIpc) is 2.40. The van der Waals surface area contributed by atoms with Gasteiger partial charge < -0.3 is 9.47 Å². The monoisotopic (exact) mass is 354 g/mol. The van der Waals surface area contributed by atoms with Gasteiger partial charge in [0, 0.05) is 30.5 Å². The van der Waals surface area contributed by atoms with Crippen LogP contribution in [-0.4, -0.2) is 29.8 Å². The van der Waals surface area contributed by atoms with Gasteiger partial charge in [0.05, 0.1) is 12.2 Å². The largest absolute Gasteiger partial charge is 0.381 e. The van der Waals surface area contributed by atoms with Gasteiger partial charge in [-0.3, -0.25) is 0 Å². The van der Waals surface area contributed by atoms with Crippen molar-refractivity contribution in [2.45, 2.75) is 58.0 Å². The maximum atomic E-state index is 6.28. The lowest BCUT2D eigenvalue weighted by molar-refractivity contribution is -0.105. The Kier molecular flexibility index (Phi) is 8.04. The first-order valence-corrected chi connectivity index (χ1v) is 8.56. The Morgan fingerprint density at radius 2 is 2.00 bits per heavy atom. The molecule has 1 unspecified atom stereocenters. The molecule has 0 saturated carbocycles. The number of alkyl halides is 1. The average molecular weight is 354 g/mol. The summed E-state index contributed by atoms with van der Waals surface area (Å²) in [7, 11) is 0. The molecule has 1 fully saturated rings. The molecule has 0 N–H and O–H groups in total. The van der Waals surface area contributed by atoms with E-state index in [9.17, 15) is 0 Å². The van der Waals surface area contributed by atoms with E-state index in [1.807, 2.05) is 0 Å². The fourth-order valence-electron chi connectivity index (χ4n) is 2.25. The van der Waals surface area contributed by atoms with Gasteiger partial charge in [0.15, 0.2) is 0 Å². The highest BCUT2D eigenvalue weighted by Crippen LogP contribution is 2.29. The summed E-state index contributed by atoms with van der Waals surface area (Å²) in [4.78, 5) is 0. The molecular weight excluding hydrogens is 327 g/mol. The zero-order valence-electron chi connectivity index (χ0n) is 11.3. The first-order valence-electron chi connectivity index (χ1n) is 7.04. The molecule has 0 bridgehead atoms. The molecule has 0 radical (unpaired) electrons. The molecular formula is C14H27IO2. The molecule has 0 spiro atoms. The topological polar surface area (TPSA) is 18.5 Å². The summed E-state index contributed by atoms with van der Waals surface area (Å²) in [6.45, 7) is 7.23. The number of hydrogen-bond donors (Lipinski definition) is 0. The fraction of sp³-hybridized carbons (Fsp3) is 1.00. The summed E-state index contributed by atoms with van der Waals surface area (Å²) < 4.78 is 12.8. The molecule has 0 aromatic heterocycles. The Labute approximate surface area is 120 Å². The van der Waals surface area contributed by atoms with Crippen LogP contribution in [0.3, 0.4) is 0 Å². The van der Waals surface area contributed by atoms with Crippen molar-refractivity contribution in [3.8, 4) is 0 Å². The van der Waals surface area contributed by atoms with E-state index in [1.54, 1.807) is 0 Å². The highest BCUT2D eigenvalue weighted by Gasteiger charge is 2.32. The van der Waals surface area contributed by atoms with Crippen LogP contribution in [0.15, 0.2) is 0 Å². The predicted molar refractivity (Wildman–Crippen MR) is 80.9 cm³/mol. The zero-order chi connectivity index (χ0) is 12.6. The minimum atomic E-state index is 0.110. The molecule has 0 aromatic rings. The third-order valence-electron chi connectivity index (χ3n) is 3.82. The van der Waals surface area contributed by atoms with E-state index in [2.05, 4.69) is 36.4 Å². The Bertz CT molecular complexity index is 191. The van der Waals surface area contributed by atoms with Crippen molar-refractivity contribution in [2.24, 2.45) is 5.92 Å². The van der Waals surface area contributed by atoms with E-state index in [1.165, 1.54) is 25.7 Å². The van der Waals surface area contributed by atoms with Crippen LogP contribution >= 0.6 is 22.6 Å². The molecule has 1 saturated heterocycles. The van der Waals surface area contributed by atoms with Crippen LogP contribution in [0.4, 0.5) is 0 Å². The lowest BCUT2D eigenvalue weighted by Crippen LogP contribution is -2.41. The molecule has 0 amide bonds. The van der Waals surface area contributed by atoms with Crippen LogP contribution in [0.5, 0.6) is 0 Å². The van der Waals surface area contributed by atoms with Gasteiger partial charge in [-0.05, 0) is 12.3 Å². The molecule has 0 aromatic carbocycles. The first kappa shape index (κ1) is 15.7. The molecule has 0 aliphatic carbocycles. The molecule has 1 aliphatic heterocycles. The van der Waals surface area contributed by atoms with Crippen molar-refractivity contribution in [1.82, 2.24) is 0 Å². The van der Waals surface area contributed by atoms with Crippen molar-refractivity contribution in [3.05, 3.63) is 0 Å². The minimum Gasteiger partial charge on any atom is -0.381 e. The molecule has 1 atom stereocenters. The first-order chi connectivity index (χ1) is 8.26. The van der Waals surface area contributed by atoms with Crippen LogP contribution in [0.2, 0.25) is 0 Å². The van der Waals surface area contributed by atoms with Crippen molar-refractivity contribution in [3.63, 3.8) is 0 Å². The smallest absolute Gasteiger partial charge is 0.0815 e. The summed E-state index contributed by atoms with van der Waals surface area (Å²) in [6, 6.07) is 0. The van der Waals surface area contributed by atoms with Crippen LogP contribution in [-0.2, 0) is 9.47 Å². The van der Waals surface area contributed by atoms with Crippen LogP contribution < -0.4 is 0 Å². The maximum Gasteiger partial charge on any atom is 0.0815 e. The molecule has 102 valence electrons. The Hall–Kier alpha value is 0.650. The summed E-state index contributed by atoms with van der Waals surface area (Å²) in [5.41, 5.74) is 0.110. The van der Waals surface area contributed by atoms with Crippen molar-refractivity contribution < 1.29 is 9.47 Å². The van der Waals surface area contributed by atoms with Gasteiger partial charge in [-0.2, -0.15) is 0 Å². The number of hydrogen-bond acceptors (Lipinski definition) is 2. The lowest BCUT2D eigenvalue weighted by Gasteiger charge is -2.36. The Morgan fingerprint density at radius 3 is 2.53 bits per heavy atom. The summed E-state index contributed by atoms with van der Waals surface area (Å²) in [5, 5.41) is 0. The molecule has 3 heteroatoms. The standard InChI is InChI=1S/C14H27IO2/c1-3-5-6-13(4-2)11-17-14(12-15)7-9-16-10-8-14/h13H,3-12H2,1-2H3. The highest BCUT2D eigenvalue weighted by atomic mass is 127. The number of unbranched alkanes of at least 4 members (excludes halogenated alkanes) is 1. The number of halogens is 1. The van der Waals surface area contributed by atoms with Crippen LogP contribution in [0.1, 0.15) is 52.4 Å². The van der Waals surface area contributed by atoms with Crippen LogP contribution in [0, 0.1) is 5.92 Å². The van der Waals surface area contributed by atoms with E-state index in [-0.39, 0.29) is 5.60 Å². The van der Waals surface area contributed by atoms with Gasteiger partial charge in [-0.15, -0.1) is 0 Å². The highest BCUT2D eigenvalue weighted by molar-refractivity contribution is 14.1. The molecule has 1 aliphatic rings. The van der Waals surface area contributed by atoms with E-state index in [0.29, 0.717) is 0 Å². The summed E-state index contributed by atoms with van der Waals surface area (Å²) in [5.74, 6) is 0.748. The second kappa shape index (κ2) is 8.70. The van der Waals surface area contributed by atoms with E-state index >= 15 is 0 Å². The SMILES string of the molecule is CCCCC(CC)COC1(CI)CCOCC1. The summed E-state index contributed by atoms with van der Waals surface area (Å²) in [6.07, 6.45) is 7.33. The normalized spacial score (nSPS) is 21.4. The van der Waals surface area contributed by atoms with Gasteiger partial charge in [0.25, 0.3) is 0 Å². The van der Waals surface area contributed by atoms with Crippen molar-refractivity contribution in [1.29, 1.82) is 0 Å². The van der Waals surface area contributed by atoms with Gasteiger partial charge in [-0.1, -0.05) is 55.7 Å². The second-order valence-corrected chi connectivity index (χ2v) is 5.92. The van der Waals surface area contributed by atoms with E-state index in [4.69, 9.17) is 9.47 Å². The van der Waals surface area contributed by atoms with Crippen molar-refractivity contribution >= 4 is 22.6 Å². The molecule has 1 rings (SSSR count). The number of rotatable bonds is 8. The Balaban J connectivity index is 2.34. The molecule has 17 heavy (non-hydrogen) atoms. The molecule has 2 nitrogen and oxygen atoms in total. The number of ether oxygens (including phenoxy) is 2. The van der Waals surface area contributed by atoms with E-state index in [0.717, 1.165) is 43.0 Å². The van der Waals surface area contributed by atoms with Crippen LogP contribution in [0.25, 0.3) is 0 Å². The fourth-order valence-corrected chi connectivity index (χ4v) is 3.24. The zero-order valence-corrected chi connectivity index (χ0v) is 13.5. The van der Waals surface area contributed by atoms with E-state index < -0.39 is 0 Å². The van der Waals surface area contributed by atoms with Crippen molar-refractivity contribution in [2.75, 3.05) is 24.2 Å². The predicted octanol–water partition coefficient (Wildman–Crippen LogP) is 4.20. The van der Waals surface area contributed by atoms with Gasteiger partial charge in [0.1, 0.15) is 0 Å². The second-order valence-electron chi connectivity index (χ2n) is 5.16. The van der Waals surface area contributed by atoms with Gasteiger partial charge in [0.2, 0.25) is 0 Å². The third kappa shape index (κ3) is 5.43. The Morgan fingerprint density at radius 1 is 1.29 bits per heavy atom. The maximum absolute atomic E-state index is 6.28. The minimum absolute atomic E-state index is 0.110. The van der Waals surface area contributed by atoms with Gasteiger partial charge in [-0.25, -0.2) is 0 Å². The summed E-state index contributed by atoms with van der Waals surface area (Å²) >= 11 is 2.47. The lowest BCUT2D eigenvalue weighted by atomic mass is 9.95.